The molecule has 1 heterocycles. The molecule has 148 valence electrons. The topological polar surface area (TPSA) is 58.2 Å². The largest absolute Gasteiger partial charge is 0.381 e. The molecule has 2 N–H and O–H groups in total. The number of anilines is 1. The van der Waals surface area contributed by atoms with Crippen LogP contribution in [-0.2, 0) is 15.4 Å². The van der Waals surface area contributed by atoms with Crippen molar-refractivity contribution in [2.45, 2.75) is 49.0 Å². The zero-order chi connectivity index (χ0) is 19.9. The van der Waals surface area contributed by atoms with Crippen LogP contribution in [0.2, 0.25) is 5.02 Å². The molecule has 2 aliphatic rings. The van der Waals surface area contributed by atoms with Gasteiger partial charge in [-0.1, -0.05) is 41.4 Å². The van der Waals surface area contributed by atoms with E-state index in [9.17, 15) is 8.42 Å². The fourth-order valence-corrected chi connectivity index (χ4v) is 5.87. The van der Waals surface area contributed by atoms with Gasteiger partial charge in [0, 0.05) is 28.7 Å². The average Bonchev–Trinajstić information content (AvgIpc) is 2.97. The van der Waals surface area contributed by atoms with E-state index in [0.717, 1.165) is 24.9 Å². The highest BCUT2D eigenvalue weighted by Gasteiger charge is 2.49. The van der Waals surface area contributed by atoms with Crippen molar-refractivity contribution in [2.24, 2.45) is 0 Å². The van der Waals surface area contributed by atoms with Gasteiger partial charge in [-0.25, -0.2) is 13.1 Å². The van der Waals surface area contributed by atoms with Crippen molar-refractivity contribution >= 4 is 27.3 Å². The molecular formula is C22H25ClN2O2S. The molecule has 4 rings (SSSR count). The molecule has 2 aromatic carbocycles. The molecule has 1 aliphatic heterocycles. The second-order valence-electron chi connectivity index (χ2n) is 7.81. The highest BCUT2D eigenvalue weighted by Crippen LogP contribution is 2.53. The maximum atomic E-state index is 12.7. The lowest BCUT2D eigenvalue weighted by molar-refractivity contribution is 0.344. The first kappa shape index (κ1) is 19.5. The van der Waals surface area contributed by atoms with Crippen LogP contribution in [0.1, 0.15) is 36.8 Å². The van der Waals surface area contributed by atoms with Crippen molar-refractivity contribution in [3.05, 3.63) is 70.8 Å². The molecule has 6 heteroatoms. The molecule has 1 saturated carbocycles. The molecule has 0 aromatic heterocycles. The zero-order valence-electron chi connectivity index (χ0n) is 16.0. The summed E-state index contributed by atoms with van der Waals surface area (Å²) in [6.07, 6.45) is 3.85. The molecule has 4 nitrogen and oxygen atoms in total. The minimum atomic E-state index is -3.57. The average molecular weight is 417 g/mol. The number of benzene rings is 2. The predicted molar refractivity (Wildman–Crippen MR) is 115 cm³/mol. The molecule has 0 saturated heterocycles. The fourth-order valence-electron chi connectivity index (χ4n) is 4.72. The molecule has 0 spiro atoms. The number of halogens is 1. The van der Waals surface area contributed by atoms with Gasteiger partial charge in [0.05, 0.1) is 4.90 Å². The Morgan fingerprint density at radius 1 is 1.25 bits per heavy atom. The first-order chi connectivity index (χ1) is 13.3. The van der Waals surface area contributed by atoms with Gasteiger partial charge in [-0.2, -0.15) is 0 Å². The molecule has 0 amide bonds. The Bertz CT molecular complexity index is 1020. The van der Waals surface area contributed by atoms with Crippen LogP contribution in [0.15, 0.2) is 59.5 Å². The van der Waals surface area contributed by atoms with Crippen LogP contribution in [0.3, 0.4) is 0 Å². The second-order valence-corrected chi connectivity index (χ2v) is 10.0. The summed E-state index contributed by atoms with van der Waals surface area (Å²) in [4.78, 5) is 0.231. The minimum Gasteiger partial charge on any atom is -0.381 e. The Morgan fingerprint density at radius 2 is 2.00 bits per heavy atom. The summed E-state index contributed by atoms with van der Waals surface area (Å²) in [6, 6.07) is 13.0. The lowest BCUT2D eigenvalue weighted by atomic mass is 9.63. The van der Waals surface area contributed by atoms with Crippen LogP contribution in [-0.4, -0.2) is 21.0 Å². The maximum absolute atomic E-state index is 12.7. The quantitative estimate of drug-likeness (QED) is 0.689. The maximum Gasteiger partial charge on any atom is 0.240 e. The van der Waals surface area contributed by atoms with E-state index in [1.165, 1.54) is 28.8 Å². The van der Waals surface area contributed by atoms with E-state index in [1.807, 2.05) is 0 Å². The van der Waals surface area contributed by atoms with Crippen LogP contribution in [0, 0.1) is 6.92 Å². The normalized spacial score (nSPS) is 23.8. The SMILES string of the molecule is C=C1CCCC2Nc3ccc(C)cc3C12CCNS(=O)(=O)c1ccc(Cl)cc1. The van der Waals surface area contributed by atoms with Crippen molar-refractivity contribution in [3.63, 3.8) is 0 Å². The Kier molecular flexibility index (Phi) is 5.02. The molecule has 2 aromatic rings. The van der Waals surface area contributed by atoms with Gasteiger partial charge in [-0.05, 0) is 68.5 Å². The number of sulfonamides is 1. The molecule has 2 unspecified atom stereocenters. The van der Waals surface area contributed by atoms with Crippen molar-refractivity contribution < 1.29 is 8.42 Å². The van der Waals surface area contributed by atoms with Gasteiger partial charge in [0.1, 0.15) is 0 Å². The molecule has 1 fully saturated rings. The summed E-state index contributed by atoms with van der Waals surface area (Å²) in [6.45, 7) is 6.86. The van der Waals surface area contributed by atoms with Crippen molar-refractivity contribution in [3.8, 4) is 0 Å². The molecule has 0 bridgehead atoms. The highest BCUT2D eigenvalue weighted by molar-refractivity contribution is 7.89. The highest BCUT2D eigenvalue weighted by atomic mass is 35.5. The third kappa shape index (κ3) is 3.25. The fraction of sp³-hybridized carbons (Fsp3) is 0.364. The van der Waals surface area contributed by atoms with Crippen LogP contribution in [0.25, 0.3) is 0 Å². The Labute approximate surface area is 172 Å². The number of hydrogen-bond donors (Lipinski definition) is 2. The molecule has 28 heavy (non-hydrogen) atoms. The third-order valence-corrected chi connectivity index (χ3v) is 7.85. The van der Waals surface area contributed by atoms with E-state index in [2.05, 4.69) is 41.7 Å². The second kappa shape index (κ2) is 7.21. The Morgan fingerprint density at radius 3 is 2.75 bits per heavy atom. The van der Waals surface area contributed by atoms with E-state index in [4.69, 9.17) is 11.6 Å². The van der Waals surface area contributed by atoms with Crippen molar-refractivity contribution in [1.82, 2.24) is 4.72 Å². The summed E-state index contributed by atoms with van der Waals surface area (Å²) in [5.41, 5.74) is 4.60. The van der Waals surface area contributed by atoms with Crippen molar-refractivity contribution in [1.29, 1.82) is 0 Å². The predicted octanol–water partition coefficient (Wildman–Crippen LogP) is 4.79. The minimum absolute atomic E-state index is 0.220. The number of fused-ring (bicyclic) bond motifs is 3. The molecule has 0 radical (unpaired) electrons. The monoisotopic (exact) mass is 416 g/mol. The molecule has 2 atom stereocenters. The van der Waals surface area contributed by atoms with Gasteiger partial charge >= 0.3 is 0 Å². The van der Waals surface area contributed by atoms with E-state index in [1.54, 1.807) is 12.1 Å². The van der Waals surface area contributed by atoms with Crippen LogP contribution >= 0.6 is 11.6 Å². The summed E-state index contributed by atoms with van der Waals surface area (Å²) < 4.78 is 28.1. The van der Waals surface area contributed by atoms with E-state index in [0.29, 0.717) is 18.0 Å². The summed E-state index contributed by atoms with van der Waals surface area (Å²) in [7, 11) is -3.57. The standard InChI is InChI=1S/C22H25ClN2O2S/c1-15-6-11-20-19(14-15)22(16(2)4-3-5-21(22)25-20)12-13-24-28(26,27)18-9-7-17(23)8-10-18/h6-11,14,21,24-25H,2-5,12-13H2,1H3. The molecule has 1 aliphatic carbocycles. The number of nitrogens with one attached hydrogen (secondary N) is 2. The van der Waals surface area contributed by atoms with Crippen LogP contribution in [0.4, 0.5) is 5.69 Å². The van der Waals surface area contributed by atoms with E-state index >= 15 is 0 Å². The first-order valence-electron chi connectivity index (χ1n) is 9.64. The molecular weight excluding hydrogens is 392 g/mol. The van der Waals surface area contributed by atoms with Gasteiger partial charge in [0.2, 0.25) is 10.0 Å². The van der Waals surface area contributed by atoms with Gasteiger partial charge in [0.15, 0.2) is 0 Å². The van der Waals surface area contributed by atoms with E-state index < -0.39 is 10.0 Å². The summed E-state index contributed by atoms with van der Waals surface area (Å²) in [5, 5.41) is 4.18. The Hall–Kier alpha value is -1.82. The summed E-state index contributed by atoms with van der Waals surface area (Å²) in [5.74, 6) is 0. The van der Waals surface area contributed by atoms with Gasteiger partial charge in [-0.15, -0.1) is 0 Å². The number of aryl methyl sites for hydroxylation is 1. The third-order valence-electron chi connectivity index (χ3n) is 6.12. The number of hydrogen-bond acceptors (Lipinski definition) is 3. The van der Waals surface area contributed by atoms with Crippen LogP contribution in [0.5, 0.6) is 0 Å². The summed E-state index contributed by atoms with van der Waals surface area (Å²) >= 11 is 5.87. The van der Waals surface area contributed by atoms with Crippen molar-refractivity contribution in [2.75, 3.05) is 11.9 Å². The lowest BCUT2D eigenvalue weighted by Gasteiger charge is -2.42. The number of rotatable bonds is 5. The van der Waals surface area contributed by atoms with Gasteiger partial charge in [-0.3, -0.25) is 0 Å². The lowest BCUT2D eigenvalue weighted by Crippen LogP contribution is -2.45. The van der Waals surface area contributed by atoms with Gasteiger partial charge in [0.25, 0.3) is 0 Å². The van der Waals surface area contributed by atoms with E-state index in [-0.39, 0.29) is 16.4 Å². The first-order valence-corrected chi connectivity index (χ1v) is 11.5. The van der Waals surface area contributed by atoms with Gasteiger partial charge < -0.3 is 5.32 Å². The zero-order valence-corrected chi connectivity index (χ0v) is 17.5. The smallest absolute Gasteiger partial charge is 0.240 e. The Balaban J connectivity index is 1.59. The van der Waals surface area contributed by atoms with Crippen LogP contribution < -0.4 is 10.0 Å².